The molecule has 1 spiro atoms. The Morgan fingerprint density at radius 3 is 2.79 bits per heavy atom. The van der Waals surface area contributed by atoms with E-state index in [0.717, 1.165) is 47.1 Å². The summed E-state index contributed by atoms with van der Waals surface area (Å²) in [7, 11) is 0. The molecule has 2 aliphatic heterocycles. The third-order valence-electron chi connectivity index (χ3n) is 7.57. The largest absolute Gasteiger partial charge is 0.459 e. The van der Waals surface area contributed by atoms with Crippen molar-refractivity contribution in [2.75, 3.05) is 31.1 Å². The number of hydrogen-bond acceptors (Lipinski definition) is 6. The summed E-state index contributed by atoms with van der Waals surface area (Å²) in [4.78, 5) is 25.8. The van der Waals surface area contributed by atoms with E-state index in [1.165, 1.54) is 6.08 Å². The quantitative estimate of drug-likeness (QED) is 0.314. The summed E-state index contributed by atoms with van der Waals surface area (Å²) in [6, 6.07) is 14.2. The third-order valence-corrected chi connectivity index (χ3v) is 7.57. The second-order valence-electron chi connectivity index (χ2n) is 10.1. The van der Waals surface area contributed by atoms with E-state index >= 15 is 0 Å². The fourth-order valence-corrected chi connectivity index (χ4v) is 5.62. The predicted octanol–water partition coefficient (Wildman–Crippen LogP) is 4.11. The van der Waals surface area contributed by atoms with Crippen LogP contribution in [0.1, 0.15) is 23.1 Å². The topological polar surface area (TPSA) is 87.2 Å². The second-order valence-corrected chi connectivity index (χ2v) is 10.1. The number of aromatic amines is 1. The lowest BCUT2D eigenvalue weighted by molar-refractivity contribution is -0.136. The Kier molecular flexibility index (Phi) is 5.84. The summed E-state index contributed by atoms with van der Waals surface area (Å²) in [5, 5.41) is 8.23. The number of aryl methyl sites for hydroxylation is 1. The first-order valence-corrected chi connectivity index (χ1v) is 12.6. The number of benzene rings is 2. The first-order chi connectivity index (χ1) is 18.5. The van der Waals surface area contributed by atoms with Crippen LogP contribution in [0.25, 0.3) is 22.2 Å². The number of fused-ring (bicyclic) bond motifs is 1. The number of H-pyrrole nitrogens is 1. The number of amides is 1. The summed E-state index contributed by atoms with van der Waals surface area (Å²) in [6.07, 6.45) is 10.3. The van der Waals surface area contributed by atoms with Gasteiger partial charge in [0.15, 0.2) is 5.82 Å². The second kappa shape index (κ2) is 9.34. The molecule has 2 aromatic heterocycles. The summed E-state index contributed by atoms with van der Waals surface area (Å²) in [6.45, 7) is 8.96. The highest BCUT2D eigenvalue weighted by Gasteiger charge is 2.49. The lowest BCUT2D eigenvalue weighted by Crippen LogP contribution is -2.59. The van der Waals surface area contributed by atoms with Gasteiger partial charge in [-0.3, -0.25) is 9.89 Å². The highest BCUT2D eigenvalue weighted by molar-refractivity contribution is 5.97. The molecule has 1 N–H and O–H groups in total. The minimum Gasteiger partial charge on any atom is -0.459 e. The maximum absolute atomic E-state index is 12.1. The molecular formula is C30H28N6O2. The molecule has 0 saturated carbocycles. The van der Waals surface area contributed by atoms with Gasteiger partial charge in [0.25, 0.3) is 0 Å². The van der Waals surface area contributed by atoms with Crippen molar-refractivity contribution >= 4 is 22.6 Å². The van der Waals surface area contributed by atoms with Gasteiger partial charge in [0.1, 0.15) is 6.61 Å². The van der Waals surface area contributed by atoms with E-state index in [0.29, 0.717) is 36.8 Å². The van der Waals surface area contributed by atoms with Crippen LogP contribution in [0.5, 0.6) is 6.01 Å². The van der Waals surface area contributed by atoms with Crippen molar-refractivity contribution in [3.05, 3.63) is 78.0 Å². The number of nitrogens with zero attached hydrogens (tertiary/aromatic N) is 5. The molecule has 2 aromatic carbocycles. The fraction of sp³-hybridized carbons (Fsp3) is 0.267. The Hall–Kier alpha value is -4.64. The average Bonchev–Trinajstić information content (AvgIpc) is 3.58. The smallest absolute Gasteiger partial charge is 0.319 e. The summed E-state index contributed by atoms with van der Waals surface area (Å²) >= 11 is 0. The Morgan fingerprint density at radius 1 is 1.21 bits per heavy atom. The number of likely N-dealkylation sites (tertiary alicyclic amines) is 1. The zero-order valence-electron chi connectivity index (χ0n) is 21.3. The SMILES string of the molecule is C#Cc1c(-c2c(C)ccc3[nH]ncc23)nc(OCc2ccccc2)nc1N1CCC2(CN(C(=O)C=C)C2)C1. The molecule has 4 aromatic rings. The Labute approximate surface area is 221 Å². The number of anilines is 1. The van der Waals surface area contributed by atoms with Gasteiger partial charge in [0, 0.05) is 42.5 Å². The zero-order valence-corrected chi connectivity index (χ0v) is 21.3. The van der Waals surface area contributed by atoms with Crippen molar-refractivity contribution in [2.24, 2.45) is 5.41 Å². The molecular weight excluding hydrogens is 476 g/mol. The first-order valence-electron chi connectivity index (χ1n) is 12.6. The lowest BCUT2D eigenvalue weighted by atomic mass is 9.79. The molecule has 190 valence electrons. The highest BCUT2D eigenvalue weighted by atomic mass is 16.5. The predicted molar refractivity (Wildman–Crippen MR) is 147 cm³/mol. The normalized spacial score (nSPS) is 15.9. The monoisotopic (exact) mass is 504 g/mol. The van der Waals surface area contributed by atoms with Crippen LogP contribution in [0, 0.1) is 24.7 Å². The van der Waals surface area contributed by atoms with Gasteiger partial charge in [-0.15, -0.1) is 6.42 Å². The van der Waals surface area contributed by atoms with E-state index in [-0.39, 0.29) is 17.3 Å². The van der Waals surface area contributed by atoms with E-state index in [2.05, 4.69) is 27.6 Å². The number of carbonyl (C=O) groups excluding carboxylic acids is 1. The van der Waals surface area contributed by atoms with Crippen LogP contribution in [0.2, 0.25) is 0 Å². The van der Waals surface area contributed by atoms with Crippen LogP contribution in [0.15, 0.2) is 61.3 Å². The molecule has 8 nitrogen and oxygen atoms in total. The van der Waals surface area contributed by atoms with Gasteiger partial charge in [-0.2, -0.15) is 15.1 Å². The van der Waals surface area contributed by atoms with Gasteiger partial charge in [-0.05, 0) is 36.6 Å². The summed E-state index contributed by atoms with van der Waals surface area (Å²) < 4.78 is 6.14. The van der Waals surface area contributed by atoms with Crippen LogP contribution in [-0.4, -0.2) is 57.2 Å². The molecule has 8 heteroatoms. The minimum absolute atomic E-state index is 0.0250. The average molecular weight is 505 g/mol. The maximum Gasteiger partial charge on any atom is 0.319 e. The Bertz CT molecular complexity index is 1580. The molecule has 0 aliphatic carbocycles. The van der Waals surface area contributed by atoms with Crippen molar-refractivity contribution < 1.29 is 9.53 Å². The molecule has 38 heavy (non-hydrogen) atoms. The van der Waals surface area contributed by atoms with Crippen molar-refractivity contribution in [3.63, 3.8) is 0 Å². The molecule has 2 fully saturated rings. The Morgan fingerprint density at radius 2 is 2.03 bits per heavy atom. The lowest BCUT2D eigenvalue weighted by Gasteiger charge is -2.47. The first kappa shape index (κ1) is 23.7. The molecule has 2 aliphatic rings. The number of rotatable bonds is 6. The van der Waals surface area contributed by atoms with Crippen LogP contribution in [-0.2, 0) is 11.4 Å². The number of nitrogens with one attached hydrogen (secondary N) is 1. The Balaban J connectivity index is 1.41. The van der Waals surface area contributed by atoms with Crippen molar-refractivity contribution in [1.29, 1.82) is 0 Å². The van der Waals surface area contributed by atoms with E-state index in [1.54, 1.807) is 6.20 Å². The number of aromatic nitrogens is 4. The fourth-order valence-electron chi connectivity index (χ4n) is 5.62. The number of terminal acetylenes is 1. The number of ether oxygens (including phenoxy) is 1. The molecule has 1 amide bonds. The standard InChI is InChI=1S/C30H28N6O2/c1-4-22-27(26-20(3)11-12-24-23(26)15-31-34-24)32-29(38-16-21-9-7-6-8-10-21)33-28(22)35-14-13-30(17-35)18-36(19-30)25(37)5-2/h1,5-12,15H,2,13-14,16-19H2,3H3,(H,31,34). The van der Waals surface area contributed by atoms with E-state index < -0.39 is 0 Å². The molecule has 4 heterocycles. The summed E-state index contributed by atoms with van der Waals surface area (Å²) in [5.74, 6) is 3.55. The number of carbonyl (C=O) groups is 1. The van der Waals surface area contributed by atoms with Gasteiger partial charge in [0.05, 0.1) is 23.0 Å². The molecule has 0 bridgehead atoms. The van der Waals surface area contributed by atoms with Crippen LogP contribution >= 0.6 is 0 Å². The van der Waals surface area contributed by atoms with Crippen LogP contribution < -0.4 is 9.64 Å². The van der Waals surface area contributed by atoms with Gasteiger partial charge >= 0.3 is 6.01 Å². The summed E-state index contributed by atoms with van der Waals surface area (Å²) in [5.41, 5.74) is 5.19. The molecule has 2 saturated heterocycles. The van der Waals surface area contributed by atoms with Crippen LogP contribution in [0.4, 0.5) is 5.82 Å². The third kappa shape index (κ3) is 4.06. The highest BCUT2D eigenvalue weighted by Crippen LogP contribution is 2.43. The molecule has 0 atom stereocenters. The molecule has 0 unspecified atom stereocenters. The van der Waals surface area contributed by atoms with Gasteiger partial charge in [-0.25, -0.2) is 0 Å². The van der Waals surface area contributed by atoms with Crippen molar-refractivity contribution in [1.82, 2.24) is 25.1 Å². The number of hydrogen-bond donors (Lipinski definition) is 1. The maximum atomic E-state index is 12.1. The van der Waals surface area contributed by atoms with Gasteiger partial charge in [0.2, 0.25) is 5.91 Å². The van der Waals surface area contributed by atoms with Gasteiger partial charge < -0.3 is 14.5 Å². The van der Waals surface area contributed by atoms with Gasteiger partial charge in [-0.1, -0.05) is 48.9 Å². The molecule has 6 rings (SSSR count). The molecule has 0 radical (unpaired) electrons. The van der Waals surface area contributed by atoms with E-state index in [9.17, 15) is 4.79 Å². The van der Waals surface area contributed by atoms with Crippen LogP contribution in [0.3, 0.4) is 0 Å². The van der Waals surface area contributed by atoms with E-state index in [1.807, 2.05) is 54.3 Å². The van der Waals surface area contributed by atoms with Crippen molar-refractivity contribution in [2.45, 2.75) is 20.0 Å². The minimum atomic E-state index is -0.0250. The van der Waals surface area contributed by atoms with E-state index in [4.69, 9.17) is 21.1 Å². The van der Waals surface area contributed by atoms with Crippen molar-refractivity contribution in [3.8, 4) is 29.6 Å². The zero-order chi connectivity index (χ0) is 26.3.